The SMILES string of the molecule is O=COc1c2ccccc2cc2ccccc12.[NaH]. The minimum atomic E-state index is 0. The molecule has 0 aliphatic carbocycles. The zero-order valence-electron chi connectivity index (χ0n) is 9.09. The van der Waals surface area contributed by atoms with Crippen molar-refractivity contribution in [2.45, 2.75) is 0 Å². The van der Waals surface area contributed by atoms with Gasteiger partial charge in [-0.15, -0.1) is 0 Å². The first-order valence-corrected chi connectivity index (χ1v) is 5.41. The van der Waals surface area contributed by atoms with Crippen molar-refractivity contribution in [1.82, 2.24) is 0 Å². The maximum atomic E-state index is 10.6. The van der Waals surface area contributed by atoms with Crippen LogP contribution in [0, 0.1) is 0 Å². The first-order valence-electron chi connectivity index (χ1n) is 5.41. The molecule has 3 rings (SSSR count). The summed E-state index contributed by atoms with van der Waals surface area (Å²) in [7, 11) is 0. The summed E-state index contributed by atoms with van der Waals surface area (Å²) in [6.45, 7) is 0.480. The van der Waals surface area contributed by atoms with Gasteiger partial charge in [0, 0.05) is 10.8 Å². The van der Waals surface area contributed by atoms with Crippen molar-refractivity contribution in [3.8, 4) is 5.75 Å². The van der Waals surface area contributed by atoms with E-state index in [1.54, 1.807) is 0 Å². The van der Waals surface area contributed by atoms with Gasteiger partial charge in [0.25, 0.3) is 6.47 Å². The Bertz CT molecular complexity index is 653. The monoisotopic (exact) mass is 246 g/mol. The number of fused-ring (bicyclic) bond motifs is 2. The number of rotatable bonds is 2. The molecular formula is C15H11NaO2. The molecule has 0 N–H and O–H groups in total. The Balaban J connectivity index is 0.00000120. The van der Waals surface area contributed by atoms with E-state index in [0.717, 1.165) is 21.5 Å². The summed E-state index contributed by atoms with van der Waals surface area (Å²) in [6, 6.07) is 17.9. The molecule has 0 radical (unpaired) electrons. The van der Waals surface area contributed by atoms with Gasteiger partial charge in [-0.25, -0.2) is 0 Å². The second kappa shape index (κ2) is 5.53. The Kier molecular flexibility index (Phi) is 4.02. The Morgan fingerprint density at radius 1 is 0.833 bits per heavy atom. The predicted molar refractivity (Wildman–Crippen MR) is 75.3 cm³/mol. The molecule has 3 aromatic rings. The molecule has 0 amide bonds. The van der Waals surface area contributed by atoms with E-state index in [1.165, 1.54) is 0 Å². The van der Waals surface area contributed by atoms with Gasteiger partial charge in [-0.2, -0.15) is 0 Å². The van der Waals surface area contributed by atoms with Crippen LogP contribution in [0.4, 0.5) is 0 Å². The van der Waals surface area contributed by atoms with E-state index in [4.69, 9.17) is 4.74 Å². The summed E-state index contributed by atoms with van der Waals surface area (Å²) < 4.78 is 5.15. The van der Waals surface area contributed by atoms with Crippen molar-refractivity contribution >= 4 is 57.6 Å². The fraction of sp³-hybridized carbons (Fsp3) is 0. The van der Waals surface area contributed by atoms with Crippen LogP contribution >= 0.6 is 0 Å². The summed E-state index contributed by atoms with van der Waals surface area (Å²) in [5.74, 6) is 0.633. The van der Waals surface area contributed by atoms with Crippen LogP contribution in [0.15, 0.2) is 54.6 Å². The summed E-state index contributed by atoms with van der Waals surface area (Å²) in [6.07, 6.45) is 0. The predicted octanol–water partition coefficient (Wildman–Crippen LogP) is 2.88. The number of carbonyl (C=O) groups is 1. The molecule has 2 nitrogen and oxygen atoms in total. The summed E-state index contributed by atoms with van der Waals surface area (Å²) in [5.41, 5.74) is 0. The van der Waals surface area contributed by atoms with Crippen LogP contribution in [-0.2, 0) is 4.79 Å². The molecular weight excluding hydrogens is 235 g/mol. The van der Waals surface area contributed by atoms with Crippen molar-refractivity contribution in [2.24, 2.45) is 0 Å². The van der Waals surface area contributed by atoms with Gasteiger partial charge in [-0.3, -0.25) is 4.79 Å². The number of hydrogen-bond acceptors (Lipinski definition) is 2. The molecule has 3 heteroatoms. The molecule has 18 heavy (non-hydrogen) atoms. The van der Waals surface area contributed by atoms with E-state index < -0.39 is 0 Å². The van der Waals surface area contributed by atoms with Crippen LogP contribution < -0.4 is 4.74 Å². The van der Waals surface area contributed by atoms with E-state index in [-0.39, 0.29) is 29.6 Å². The van der Waals surface area contributed by atoms with Gasteiger partial charge in [-0.1, -0.05) is 48.5 Å². The topological polar surface area (TPSA) is 26.3 Å². The Labute approximate surface area is 127 Å². The number of ether oxygens (including phenoxy) is 1. The molecule has 84 valence electrons. The fourth-order valence-corrected chi connectivity index (χ4v) is 2.15. The van der Waals surface area contributed by atoms with E-state index in [9.17, 15) is 4.79 Å². The number of benzene rings is 3. The normalized spacial score (nSPS) is 10.0. The third-order valence-corrected chi connectivity index (χ3v) is 2.89. The van der Waals surface area contributed by atoms with E-state index in [2.05, 4.69) is 6.07 Å². The summed E-state index contributed by atoms with van der Waals surface area (Å²) in [4.78, 5) is 10.6. The molecule has 0 unspecified atom stereocenters. The molecule has 0 spiro atoms. The van der Waals surface area contributed by atoms with Gasteiger partial charge in [-0.05, 0) is 16.8 Å². The zero-order valence-corrected chi connectivity index (χ0v) is 9.09. The molecule has 0 heterocycles. The molecule has 0 saturated carbocycles. The summed E-state index contributed by atoms with van der Waals surface area (Å²) >= 11 is 0. The van der Waals surface area contributed by atoms with Crippen LogP contribution in [0.1, 0.15) is 0 Å². The molecule has 0 fully saturated rings. The Hall–Kier alpha value is -1.35. The van der Waals surface area contributed by atoms with E-state index >= 15 is 0 Å². The van der Waals surface area contributed by atoms with Gasteiger partial charge in [0.2, 0.25) is 0 Å². The van der Waals surface area contributed by atoms with Crippen molar-refractivity contribution in [1.29, 1.82) is 0 Å². The van der Waals surface area contributed by atoms with Crippen LogP contribution in [-0.4, -0.2) is 36.0 Å². The van der Waals surface area contributed by atoms with Gasteiger partial charge >= 0.3 is 29.6 Å². The van der Waals surface area contributed by atoms with Crippen molar-refractivity contribution in [3.63, 3.8) is 0 Å². The van der Waals surface area contributed by atoms with Crippen LogP contribution in [0.5, 0.6) is 5.75 Å². The second-order valence-corrected chi connectivity index (χ2v) is 3.86. The summed E-state index contributed by atoms with van der Waals surface area (Å²) in [5, 5.41) is 4.06. The first kappa shape index (κ1) is 13.1. The molecule has 0 aliphatic rings. The number of carbonyl (C=O) groups excluding carboxylic acids is 1. The van der Waals surface area contributed by atoms with E-state index in [0.29, 0.717) is 12.2 Å². The standard InChI is InChI=1S/C15H10O2.Na.H/c16-10-17-15-13-7-3-1-5-11(13)9-12-6-2-4-8-14(12)15;;/h1-10H;;. The van der Waals surface area contributed by atoms with Crippen molar-refractivity contribution in [2.75, 3.05) is 0 Å². The maximum absolute atomic E-state index is 10.6. The zero-order chi connectivity index (χ0) is 11.7. The van der Waals surface area contributed by atoms with Crippen LogP contribution in [0.2, 0.25) is 0 Å². The molecule has 0 bridgehead atoms. The van der Waals surface area contributed by atoms with Crippen LogP contribution in [0.3, 0.4) is 0 Å². The minimum absolute atomic E-state index is 0. The average molecular weight is 246 g/mol. The molecule has 0 aromatic heterocycles. The third kappa shape index (κ3) is 2.15. The molecule has 0 atom stereocenters. The average Bonchev–Trinajstić information content (AvgIpc) is 2.39. The van der Waals surface area contributed by atoms with Crippen LogP contribution in [0.25, 0.3) is 21.5 Å². The van der Waals surface area contributed by atoms with Crippen molar-refractivity contribution < 1.29 is 9.53 Å². The van der Waals surface area contributed by atoms with Crippen molar-refractivity contribution in [3.05, 3.63) is 54.6 Å². The molecule has 0 aliphatic heterocycles. The number of hydrogen-bond donors (Lipinski definition) is 0. The Morgan fingerprint density at radius 2 is 1.33 bits per heavy atom. The molecule has 0 saturated heterocycles. The van der Waals surface area contributed by atoms with Gasteiger partial charge < -0.3 is 4.74 Å². The van der Waals surface area contributed by atoms with Gasteiger partial charge in [0.05, 0.1) is 0 Å². The first-order chi connectivity index (χ1) is 8.40. The second-order valence-electron chi connectivity index (χ2n) is 3.86. The third-order valence-electron chi connectivity index (χ3n) is 2.89. The fourth-order valence-electron chi connectivity index (χ4n) is 2.15. The van der Waals surface area contributed by atoms with Gasteiger partial charge in [0.15, 0.2) is 0 Å². The molecule has 3 aromatic carbocycles. The Morgan fingerprint density at radius 3 is 1.83 bits per heavy atom. The van der Waals surface area contributed by atoms with Gasteiger partial charge in [0.1, 0.15) is 5.75 Å². The van der Waals surface area contributed by atoms with E-state index in [1.807, 2.05) is 48.5 Å². The quantitative estimate of drug-likeness (QED) is 0.395.